The summed E-state index contributed by atoms with van der Waals surface area (Å²) in [6, 6.07) is 1.21. The molecule has 0 rings (SSSR count). The van der Waals surface area contributed by atoms with Crippen LogP contribution < -0.4 is 5.32 Å². The van der Waals surface area contributed by atoms with Gasteiger partial charge in [-0.25, -0.2) is 0 Å². The van der Waals surface area contributed by atoms with Crippen molar-refractivity contribution in [3.05, 3.63) is 0 Å². The number of nitrogens with one attached hydrogen (secondary N) is 1. The zero-order valence-electron chi connectivity index (χ0n) is 9.32. The molecule has 0 fully saturated rings. The van der Waals surface area contributed by atoms with Crippen molar-refractivity contribution in [2.45, 2.75) is 39.2 Å². The smallest absolute Gasteiger partial charge is 0.190 e. The number of hydrogen-bond donors (Lipinski definition) is 1. The maximum Gasteiger partial charge on any atom is 0.190 e. The highest BCUT2D eigenvalue weighted by Gasteiger charge is 2.31. The van der Waals surface area contributed by atoms with Gasteiger partial charge in [0, 0.05) is 6.17 Å². The lowest BCUT2D eigenvalue weighted by molar-refractivity contribution is 0.534. The van der Waals surface area contributed by atoms with E-state index in [1.807, 2.05) is 7.05 Å². The second-order valence-electron chi connectivity index (χ2n) is 4.55. The van der Waals surface area contributed by atoms with Crippen molar-refractivity contribution in [1.29, 1.82) is 0 Å². The molecule has 0 spiro atoms. The van der Waals surface area contributed by atoms with Crippen molar-refractivity contribution in [2.75, 3.05) is 13.2 Å². The summed E-state index contributed by atoms with van der Waals surface area (Å²) in [6.45, 7) is 11.4. The Labute approximate surface area is 79.0 Å². The summed E-state index contributed by atoms with van der Waals surface area (Å²) < 4.78 is 6.23. The Hall–Kier alpha value is 0.354. The molecule has 0 saturated heterocycles. The molecule has 0 aliphatic heterocycles. The molecule has 0 saturated carbocycles. The Kier molecular flexibility index (Phi) is 4.69. The maximum atomic E-state index is 6.23. The molecule has 0 bridgehead atoms. The summed E-state index contributed by atoms with van der Waals surface area (Å²) >= 11 is 0. The lowest BCUT2D eigenvalue weighted by Gasteiger charge is -2.33. The van der Waals surface area contributed by atoms with E-state index in [2.05, 4.69) is 38.4 Å². The van der Waals surface area contributed by atoms with Gasteiger partial charge in [0.15, 0.2) is 16.6 Å². The Morgan fingerprint density at radius 3 is 1.92 bits per heavy atom. The Morgan fingerprint density at radius 2 is 1.67 bits per heavy atom. The Morgan fingerprint density at radius 1 is 1.17 bits per heavy atom. The molecule has 0 aliphatic rings. The maximum absolute atomic E-state index is 6.23. The predicted octanol–water partition coefficient (Wildman–Crippen LogP) is 2.19. The molecule has 0 amide bonds. The lowest BCUT2D eigenvalue weighted by atomic mass is 11.0. The van der Waals surface area contributed by atoms with E-state index in [4.69, 9.17) is 4.12 Å². The van der Waals surface area contributed by atoms with E-state index in [9.17, 15) is 0 Å². The van der Waals surface area contributed by atoms with Crippen molar-refractivity contribution in [1.82, 2.24) is 5.32 Å². The van der Waals surface area contributed by atoms with Crippen LogP contribution in [0.4, 0.5) is 0 Å². The molecule has 0 aliphatic carbocycles. The fourth-order valence-corrected chi connectivity index (χ4v) is 9.12. The molecule has 0 radical (unpaired) electrons. The van der Waals surface area contributed by atoms with E-state index in [1.54, 1.807) is 0 Å². The van der Waals surface area contributed by atoms with Gasteiger partial charge in [0.1, 0.15) is 0 Å². The molecule has 1 atom stereocenters. The largest absolute Gasteiger partial charge is 0.455 e. The summed E-state index contributed by atoms with van der Waals surface area (Å²) in [4.78, 5) is 0. The van der Waals surface area contributed by atoms with E-state index in [0.717, 1.165) is 6.17 Å². The standard InChI is InChI=1S/C8H23NOSi2/c1-7-12(6,8-9-2)10-11(3,4)5/h9H,7-8H2,1-6H3. The molecule has 0 heterocycles. The van der Waals surface area contributed by atoms with E-state index in [1.165, 1.54) is 6.04 Å². The Bertz CT molecular complexity index is 136. The van der Waals surface area contributed by atoms with Gasteiger partial charge in [0.25, 0.3) is 0 Å². The zero-order valence-corrected chi connectivity index (χ0v) is 11.3. The van der Waals surface area contributed by atoms with Crippen LogP contribution in [0.25, 0.3) is 0 Å². The topological polar surface area (TPSA) is 21.3 Å². The van der Waals surface area contributed by atoms with E-state index >= 15 is 0 Å². The minimum atomic E-state index is -1.41. The van der Waals surface area contributed by atoms with Gasteiger partial charge in [-0.2, -0.15) is 0 Å². The van der Waals surface area contributed by atoms with Crippen molar-refractivity contribution >= 4 is 16.6 Å². The van der Waals surface area contributed by atoms with Gasteiger partial charge < -0.3 is 9.43 Å². The molecular weight excluding hydrogens is 182 g/mol. The van der Waals surface area contributed by atoms with Gasteiger partial charge in [-0.1, -0.05) is 6.92 Å². The van der Waals surface area contributed by atoms with Crippen LogP contribution in [0, 0.1) is 0 Å². The number of hydrogen-bond acceptors (Lipinski definition) is 2. The molecule has 1 unspecified atom stereocenters. The average molecular weight is 205 g/mol. The van der Waals surface area contributed by atoms with Crippen LogP contribution in [0.15, 0.2) is 0 Å². The van der Waals surface area contributed by atoms with Gasteiger partial charge in [0.05, 0.1) is 0 Å². The minimum absolute atomic E-state index is 1.08. The monoisotopic (exact) mass is 205 g/mol. The molecule has 2 nitrogen and oxygen atoms in total. The molecule has 0 aromatic rings. The molecule has 1 N–H and O–H groups in total. The second-order valence-corrected chi connectivity index (χ2v) is 13.5. The average Bonchev–Trinajstić information content (AvgIpc) is 1.84. The predicted molar refractivity (Wildman–Crippen MR) is 60.5 cm³/mol. The van der Waals surface area contributed by atoms with Crippen LogP contribution in [0.2, 0.25) is 32.2 Å². The van der Waals surface area contributed by atoms with Crippen LogP contribution in [-0.2, 0) is 4.12 Å². The molecule has 4 heteroatoms. The van der Waals surface area contributed by atoms with Gasteiger partial charge in [-0.3, -0.25) is 0 Å². The first-order valence-corrected chi connectivity index (χ1v) is 10.9. The van der Waals surface area contributed by atoms with Gasteiger partial charge in [0.2, 0.25) is 0 Å². The summed E-state index contributed by atoms with van der Waals surface area (Å²) in [5.41, 5.74) is 0. The minimum Gasteiger partial charge on any atom is -0.455 e. The van der Waals surface area contributed by atoms with Crippen LogP contribution in [0.5, 0.6) is 0 Å². The fraction of sp³-hybridized carbons (Fsp3) is 1.00. The second kappa shape index (κ2) is 4.55. The molecule has 0 aromatic heterocycles. The van der Waals surface area contributed by atoms with Gasteiger partial charge in [-0.15, -0.1) is 0 Å². The summed E-state index contributed by atoms with van der Waals surface area (Å²) in [7, 11) is -0.729. The normalized spacial score (nSPS) is 17.5. The summed E-state index contributed by atoms with van der Waals surface area (Å²) in [5.74, 6) is 0. The zero-order chi connectivity index (χ0) is 9.83. The van der Waals surface area contributed by atoms with E-state index < -0.39 is 16.6 Å². The quantitative estimate of drug-likeness (QED) is 0.695. The highest BCUT2D eigenvalue weighted by molar-refractivity contribution is 6.84. The highest BCUT2D eigenvalue weighted by atomic mass is 28.4. The van der Waals surface area contributed by atoms with Crippen LogP contribution in [0.3, 0.4) is 0 Å². The third-order valence-corrected chi connectivity index (χ3v) is 8.87. The van der Waals surface area contributed by atoms with Crippen molar-refractivity contribution in [2.24, 2.45) is 0 Å². The van der Waals surface area contributed by atoms with Crippen LogP contribution in [0.1, 0.15) is 6.92 Å². The van der Waals surface area contributed by atoms with Crippen LogP contribution in [-0.4, -0.2) is 29.9 Å². The lowest BCUT2D eigenvalue weighted by Crippen LogP contribution is -2.50. The first kappa shape index (κ1) is 12.4. The third kappa shape index (κ3) is 5.08. The number of rotatable bonds is 5. The molecular formula is C8H23NOSi2. The van der Waals surface area contributed by atoms with E-state index in [-0.39, 0.29) is 0 Å². The van der Waals surface area contributed by atoms with Gasteiger partial charge in [-0.05, 0) is 39.3 Å². The fourth-order valence-electron chi connectivity index (χ4n) is 1.35. The summed E-state index contributed by atoms with van der Waals surface area (Å²) in [5, 5.41) is 3.24. The Balaban J connectivity index is 4.14. The van der Waals surface area contributed by atoms with Gasteiger partial charge >= 0.3 is 0 Å². The van der Waals surface area contributed by atoms with E-state index in [0.29, 0.717) is 0 Å². The molecule has 12 heavy (non-hydrogen) atoms. The first-order chi connectivity index (χ1) is 5.33. The molecule has 0 aromatic carbocycles. The van der Waals surface area contributed by atoms with Crippen LogP contribution >= 0.6 is 0 Å². The molecule has 74 valence electrons. The third-order valence-electron chi connectivity index (χ3n) is 1.85. The highest BCUT2D eigenvalue weighted by Crippen LogP contribution is 2.16. The first-order valence-electron chi connectivity index (χ1n) is 4.68. The van der Waals surface area contributed by atoms with Crippen molar-refractivity contribution in [3.8, 4) is 0 Å². The summed E-state index contributed by atoms with van der Waals surface area (Å²) in [6.07, 6.45) is 1.08. The van der Waals surface area contributed by atoms with Crippen molar-refractivity contribution < 1.29 is 4.12 Å². The SMILES string of the molecule is CC[Si](C)(CNC)O[Si](C)(C)C. The van der Waals surface area contributed by atoms with Crippen molar-refractivity contribution in [3.63, 3.8) is 0 Å².